The van der Waals surface area contributed by atoms with Gasteiger partial charge in [0.25, 0.3) is 0 Å². The molecule has 0 bridgehead atoms. The predicted octanol–water partition coefficient (Wildman–Crippen LogP) is 6.98. The van der Waals surface area contributed by atoms with Crippen molar-refractivity contribution in [3.63, 3.8) is 0 Å². The van der Waals surface area contributed by atoms with Crippen molar-refractivity contribution in [2.24, 2.45) is 11.7 Å². The molecular formula is C34H37F6N5O5. The third-order valence-electron chi connectivity index (χ3n) is 9.30. The van der Waals surface area contributed by atoms with Crippen molar-refractivity contribution in [2.75, 3.05) is 36.6 Å². The van der Waals surface area contributed by atoms with Crippen LogP contribution in [0.15, 0.2) is 42.6 Å². The molecule has 16 heteroatoms. The number of methoxy groups -OCH3 is 1. The van der Waals surface area contributed by atoms with Gasteiger partial charge in [0.2, 0.25) is 0 Å². The highest BCUT2D eigenvalue weighted by Crippen LogP contribution is 2.47. The van der Waals surface area contributed by atoms with E-state index < -0.39 is 59.5 Å². The first-order valence-corrected chi connectivity index (χ1v) is 16.0. The molecule has 2 atom stereocenters. The van der Waals surface area contributed by atoms with Gasteiger partial charge in [-0.3, -0.25) is 9.69 Å². The number of hydrogen-bond acceptors (Lipinski definition) is 8. The van der Waals surface area contributed by atoms with E-state index in [1.807, 2.05) is 0 Å². The quantitative estimate of drug-likeness (QED) is 0.238. The Morgan fingerprint density at radius 2 is 1.64 bits per heavy atom. The molecule has 50 heavy (non-hydrogen) atoms. The molecule has 0 radical (unpaired) electrons. The fraction of sp³-hybridized carbons (Fsp3) is 0.471. The van der Waals surface area contributed by atoms with Crippen molar-refractivity contribution >= 4 is 23.4 Å². The smallest absolute Gasteiger partial charge is 0.416 e. The number of nitrogens with two attached hydrogens (primary N) is 1. The average molecular weight is 710 g/mol. The summed E-state index contributed by atoms with van der Waals surface area (Å²) >= 11 is 0. The highest BCUT2D eigenvalue weighted by atomic mass is 19.4. The molecular weight excluding hydrogens is 672 g/mol. The van der Waals surface area contributed by atoms with E-state index >= 15 is 0 Å². The average Bonchev–Trinajstić information content (AvgIpc) is 3.07. The van der Waals surface area contributed by atoms with Gasteiger partial charge in [-0.1, -0.05) is 6.92 Å². The first kappa shape index (κ1) is 36.7. The van der Waals surface area contributed by atoms with Gasteiger partial charge in [0.15, 0.2) is 0 Å². The topological polar surface area (TPSA) is 131 Å². The van der Waals surface area contributed by atoms with Gasteiger partial charge in [0, 0.05) is 25.4 Å². The summed E-state index contributed by atoms with van der Waals surface area (Å²) in [6.45, 7) is 4.05. The summed E-state index contributed by atoms with van der Waals surface area (Å²) in [4.78, 5) is 37.4. The highest BCUT2D eigenvalue weighted by molar-refractivity contribution is 5.91. The van der Waals surface area contributed by atoms with Crippen LogP contribution in [0.25, 0.3) is 0 Å². The molecule has 5 rings (SSSR count). The van der Waals surface area contributed by atoms with E-state index in [0.29, 0.717) is 34.8 Å². The van der Waals surface area contributed by atoms with Crippen molar-refractivity contribution < 1.29 is 50.5 Å². The number of halogens is 6. The lowest BCUT2D eigenvalue weighted by molar-refractivity contribution is -0.144. The summed E-state index contributed by atoms with van der Waals surface area (Å²) in [6.07, 6.45) is -8.83. The number of amides is 1. The maximum atomic E-state index is 13.8. The van der Waals surface area contributed by atoms with Gasteiger partial charge >= 0.3 is 24.4 Å². The first-order valence-electron chi connectivity index (χ1n) is 16.0. The molecule has 0 saturated carbocycles. The zero-order valence-corrected chi connectivity index (χ0v) is 27.6. The second kappa shape index (κ2) is 14.0. The number of carboxylic acids is 1. The second-order valence-electron chi connectivity index (χ2n) is 12.4. The Morgan fingerprint density at radius 3 is 2.18 bits per heavy atom. The van der Waals surface area contributed by atoms with Crippen LogP contribution in [0, 0.1) is 5.92 Å². The van der Waals surface area contributed by atoms with Crippen LogP contribution < -0.4 is 20.3 Å². The van der Waals surface area contributed by atoms with Crippen LogP contribution >= 0.6 is 0 Å². The van der Waals surface area contributed by atoms with Gasteiger partial charge in [-0.2, -0.15) is 26.3 Å². The number of carboxylic acid groups (broad SMARTS) is 1. The lowest BCUT2D eigenvalue weighted by Crippen LogP contribution is -2.61. The minimum Gasteiger partial charge on any atom is -0.497 e. The number of ether oxygens (including phenoxy) is 2. The van der Waals surface area contributed by atoms with E-state index in [2.05, 4.69) is 4.98 Å². The molecule has 1 saturated heterocycles. The van der Waals surface area contributed by atoms with Crippen molar-refractivity contribution in [2.45, 2.75) is 69.9 Å². The number of aliphatic carboxylic acids is 1. The van der Waals surface area contributed by atoms with Crippen molar-refractivity contribution in [1.82, 2.24) is 9.97 Å². The van der Waals surface area contributed by atoms with E-state index in [1.54, 1.807) is 36.9 Å². The van der Waals surface area contributed by atoms with Gasteiger partial charge in [0.05, 0.1) is 54.0 Å². The monoisotopic (exact) mass is 709 g/mol. The molecule has 3 heterocycles. The maximum Gasteiger partial charge on any atom is 0.416 e. The fourth-order valence-corrected chi connectivity index (χ4v) is 6.61. The zero-order valence-electron chi connectivity index (χ0n) is 27.6. The Morgan fingerprint density at radius 1 is 1.00 bits per heavy atom. The van der Waals surface area contributed by atoms with E-state index in [0.717, 1.165) is 0 Å². The molecule has 2 aromatic carbocycles. The molecule has 0 spiro atoms. The zero-order chi connectivity index (χ0) is 36.6. The van der Waals surface area contributed by atoms with Crippen LogP contribution in [0.1, 0.15) is 79.2 Å². The molecule has 3 N–H and O–H groups in total. The number of carbonyl (C=O) groups is 2. The highest BCUT2D eigenvalue weighted by Gasteiger charge is 2.46. The van der Waals surface area contributed by atoms with Crippen LogP contribution in [-0.4, -0.2) is 59.6 Å². The molecule has 3 aromatic rings. The number of nitrogens with zero attached hydrogens (tertiary/aromatic N) is 4. The summed E-state index contributed by atoms with van der Waals surface area (Å²) in [5, 5.41) is 9.49. The number of aromatic nitrogens is 2. The summed E-state index contributed by atoms with van der Waals surface area (Å²) < 4.78 is 93.5. The molecule has 0 unspecified atom stereocenters. The van der Waals surface area contributed by atoms with Crippen molar-refractivity contribution in [3.8, 4) is 5.75 Å². The van der Waals surface area contributed by atoms with E-state index in [9.17, 15) is 41.0 Å². The lowest BCUT2D eigenvalue weighted by atomic mass is 9.80. The number of carbonyl (C=O) groups excluding carboxylic acids is 1. The molecule has 1 amide bonds. The molecule has 270 valence electrons. The van der Waals surface area contributed by atoms with E-state index in [-0.39, 0.29) is 68.5 Å². The summed E-state index contributed by atoms with van der Waals surface area (Å²) in [5.41, 5.74) is 3.85. The van der Waals surface area contributed by atoms with Gasteiger partial charge in [-0.05, 0) is 80.1 Å². The summed E-state index contributed by atoms with van der Waals surface area (Å²) in [6, 6.07) is 6.38. The number of fused-ring (bicyclic) bond motifs is 1. The number of rotatable bonds is 8. The largest absolute Gasteiger partial charge is 0.497 e. The minimum absolute atomic E-state index is 0.0692. The third-order valence-corrected chi connectivity index (χ3v) is 9.30. The Labute approximate surface area is 284 Å². The van der Waals surface area contributed by atoms with Crippen LogP contribution in [0.3, 0.4) is 0 Å². The Bertz CT molecular complexity index is 1710. The predicted molar refractivity (Wildman–Crippen MR) is 170 cm³/mol. The van der Waals surface area contributed by atoms with E-state index in [4.69, 9.17) is 20.2 Å². The number of piperidine rings is 1. The molecule has 2 aliphatic heterocycles. The lowest BCUT2D eigenvalue weighted by Gasteiger charge is -2.46. The normalized spacial score (nSPS) is 20.0. The standard InChI is InChI=1S/C34H37F6N5O5/c1-4-32(41)17-25(24-16-23(49-3)6-7-27(24)45(32)31(48)50-5-2)29-42-18-28(44-10-8-20(9-11-44)30(46)47)26(43-29)14-19-12-21(33(35,36)37)15-22(13-19)34(38,39)40/h6-7,12-13,15-16,18,20,25H,4-5,8-11,14,17,41H2,1-3H3,(H,46,47)/t25-,32+/m0/s1. The fourth-order valence-electron chi connectivity index (χ4n) is 6.61. The van der Waals surface area contributed by atoms with Gasteiger partial charge in [0.1, 0.15) is 17.2 Å². The van der Waals surface area contributed by atoms with Crippen LogP contribution in [-0.2, 0) is 28.3 Å². The number of alkyl halides is 6. The third kappa shape index (κ3) is 7.44. The Kier molecular flexibility index (Phi) is 10.2. The van der Waals surface area contributed by atoms with Gasteiger partial charge in [-0.25, -0.2) is 14.8 Å². The molecule has 1 fully saturated rings. The number of anilines is 2. The van der Waals surface area contributed by atoms with E-state index in [1.165, 1.54) is 18.2 Å². The molecule has 1 aromatic heterocycles. The molecule has 2 aliphatic rings. The minimum atomic E-state index is -5.05. The SMILES string of the molecule is CCOC(=O)N1c2ccc(OC)cc2[C@@H](c2ncc(N3CCC(C(=O)O)CC3)c(Cc3cc(C(F)(F)F)cc(C(F)(F)F)c3)n2)C[C@@]1(N)CC. The van der Waals surface area contributed by atoms with Crippen LogP contribution in [0.5, 0.6) is 5.75 Å². The Balaban J connectivity index is 1.66. The Hall–Kier alpha value is -4.60. The summed E-state index contributed by atoms with van der Waals surface area (Å²) in [5.74, 6) is -1.62. The first-order chi connectivity index (χ1) is 23.5. The van der Waals surface area contributed by atoms with Crippen molar-refractivity contribution in [3.05, 3.63) is 76.4 Å². The number of hydrogen-bond donors (Lipinski definition) is 2. The molecule has 0 aliphatic carbocycles. The number of benzene rings is 2. The van der Waals surface area contributed by atoms with Crippen molar-refractivity contribution in [1.29, 1.82) is 0 Å². The summed E-state index contributed by atoms with van der Waals surface area (Å²) in [7, 11) is 1.46. The van der Waals surface area contributed by atoms with Gasteiger partial charge in [-0.15, -0.1) is 0 Å². The maximum absolute atomic E-state index is 13.8. The second-order valence-corrected chi connectivity index (χ2v) is 12.4. The van der Waals surface area contributed by atoms with Crippen LogP contribution in [0.2, 0.25) is 0 Å². The van der Waals surface area contributed by atoms with Crippen LogP contribution in [0.4, 0.5) is 42.5 Å². The molecule has 10 nitrogen and oxygen atoms in total. The van der Waals surface area contributed by atoms with Gasteiger partial charge < -0.3 is 25.2 Å².